The van der Waals surface area contributed by atoms with E-state index in [-0.39, 0.29) is 0 Å². The van der Waals surface area contributed by atoms with E-state index in [9.17, 15) is 0 Å². The van der Waals surface area contributed by atoms with Crippen molar-refractivity contribution in [2.45, 2.75) is 0 Å². The summed E-state index contributed by atoms with van der Waals surface area (Å²) in [7, 11) is 0. The van der Waals surface area contributed by atoms with E-state index >= 15 is 0 Å². The Labute approximate surface area is 83.4 Å². The van der Waals surface area contributed by atoms with E-state index in [1.807, 2.05) is 18.2 Å². The van der Waals surface area contributed by atoms with E-state index in [2.05, 4.69) is 26.0 Å². The van der Waals surface area contributed by atoms with Crippen LogP contribution in [-0.4, -0.2) is 4.98 Å². The lowest BCUT2D eigenvalue weighted by molar-refractivity contribution is 1.15. The number of aromatic nitrogens is 1. The molecule has 0 fully saturated rings. The molecule has 64 valence electrons. The number of fused-ring (bicyclic) bond motifs is 1. The Morgan fingerprint density at radius 1 is 1.38 bits per heavy atom. The van der Waals surface area contributed by atoms with Gasteiger partial charge in [0.2, 0.25) is 0 Å². The number of benzene rings is 1. The maximum atomic E-state index is 6.95. The summed E-state index contributed by atoms with van der Waals surface area (Å²) in [5.41, 5.74) is 8.32. The Morgan fingerprint density at radius 2 is 2.23 bits per heavy atom. The van der Waals surface area contributed by atoms with Crippen molar-refractivity contribution in [1.82, 2.24) is 4.98 Å². The largest absolute Gasteiger partial charge is 0.253 e. The SMILES string of the molecule is N=Nc1cccc2cc(Br)cnc12. The fourth-order valence-corrected chi connectivity index (χ4v) is 1.56. The standard InChI is InChI=1S/C9H6BrN3/c10-7-4-6-2-1-3-8(13-11)9(6)12-5-7/h1-5,11H. The van der Waals surface area contributed by atoms with Crippen molar-refractivity contribution in [2.24, 2.45) is 5.11 Å². The minimum atomic E-state index is 0.602. The molecule has 4 heteroatoms. The van der Waals surface area contributed by atoms with Gasteiger partial charge in [-0.2, -0.15) is 5.11 Å². The number of pyridine rings is 1. The first-order chi connectivity index (χ1) is 6.31. The molecule has 0 aliphatic carbocycles. The number of nitrogens with one attached hydrogen (secondary N) is 1. The van der Waals surface area contributed by atoms with E-state index in [4.69, 9.17) is 5.53 Å². The first-order valence-corrected chi connectivity index (χ1v) is 4.52. The third-order valence-corrected chi connectivity index (χ3v) is 2.21. The van der Waals surface area contributed by atoms with Crippen molar-refractivity contribution in [3.05, 3.63) is 34.9 Å². The monoisotopic (exact) mass is 235 g/mol. The predicted octanol–water partition coefficient (Wildman–Crippen LogP) is 3.66. The van der Waals surface area contributed by atoms with Gasteiger partial charge >= 0.3 is 0 Å². The first-order valence-electron chi connectivity index (χ1n) is 3.73. The molecule has 0 bridgehead atoms. The van der Waals surface area contributed by atoms with Crippen molar-refractivity contribution < 1.29 is 0 Å². The molecule has 0 saturated heterocycles. The lowest BCUT2D eigenvalue weighted by Crippen LogP contribution is -1.78. The maximum absolute atomic E-state index is 6.95. The fourth-order valence-electron chi connectivity index (χ4n) is 1.21. The Morgan fingerprint density at radius 3 is 3.00 bits per heavy atom. The van der Waals surface area contributed by atoms with Crippen molar-refractivity contribution in [3.63, 3.8) is 0 Å². The molecule has 0 spiro atoms. The Hall–Kier alpha value is -1.29. The summed E-state index contributed by atoms with van der Waals surface area (Å²) in [6.45, 7) is 0. The second-order valence-corrected chi connectivity index (χ2v) is 3.53. The third kappa shape index (κ3) is 1.45. The summed E-state index contributed by atoms with van der Waals surface area (Å²) in [4.78, 5) is 4.19. The molecule has 2 aromatic rings. The van der Waals surface area contributed by atoms with Crippen LogP contribution < -0.4 is 0 Å². The van der Waals surface area contributed by atoms with Crippen LogP contribution in [0.5, 0.6) is 0 Å². The quantitative estimate of drug-likeness (QED) is 0.754. The molecule has 2 rings (SSSR count). The average molecular weight is 236 g/mol. The zero-order valence-corrected chi connectivity index (χ0v) is 8.25. The molecule has 13 heavy (non-hydrogen) atoms. The molecule has 0 saturated carbocycles. The van der Waals surface area contributed by atoms with E-state index in [1.54, 1.807) is 12.3 Å². The summed E-state index contributed by atoms with van der Waals surface area (Å²) in [6, 6.07) is 7.54. The van der Waals surface area contributed by atoms with Crippen LogP contribution >= 0.6 is 15.9 Å². The number of halogens is 1. The minimum Gasteiger partial charge on any atom is -0.253 e. The lowest BCUT2D eigenvalue weighted by atomic mass is 10.2. The van der Waals surface area contributed by atoms with Gasteiger partial charge in [0.1, 0.15) is 5.69 Å². The van der Waals surface area contributed by atoms with Crippen LogP contribution in [0.3, 0.4) is 0 Å². The number of rotatable bonds is 1. The van der Waals surface area contributed by atoms with Crippen molar-refractivity contribution in [1.29, 1.82) is 5.53 Å². The molecule has 0 aliphatic heterocycles. The van der Waals surface area contributed by atoms with Gasteiger partial charge in [-0.1, -0.05) is 12.1 Å². The van der Waals surface area contributed by atoms with Crippen molar-refractivity contribution in [3.8, 4) is 0 Å². The van der Waals surface area contributed by atoms with Gasteiger partial charge < -0.3 is 0 Å². The van der Waals surface area contributed by atoms with Crippen LogP contribution in [0.15, 0.2) is 40.0 Å². The topological polar surface area (TPSA) is 49.1 Å². The summed E-state index contributed by atoms with van der Waals surface area (Å²) in [6.07, 6.45) is 1.71. The Balaban J connectivity index is 2.84. The molecule has 0 radical (unpaired) electrons. The second-order valence-electron chi connectivity index (χ2n) is 2.61. The van der Waals surface area contributed by atoms with E-state index in [0.29, 0.717) is 5.69 Å². The van der Waals surface area contributed by atoms with Crippen molar-refractivity contribution in [2.75, 3.05) is 0 Å². The molecule has 1 aromatic heterocycles. The smallest absolute Gasteiger partial charge is 0.111 e. The third-order valence-electron chi connectivity index (χ3n) is 1.78. The molecular weight excluding hydrogens is 230 g/mol. The van der Waals surface area contributed by atoms with E-state index in [0.717, 1.165) is 15.4 Å². The highest BCUT2D eigenvalue weighted by Gasteiger charge is 2.00. The lowest BCUT2D eigenvalue weighted by Gasteiger charge is -1.99. The summed E-state index contributed by atoms with van der Waals surface area (Å²) < 4.78 is 0.933. The summed E-state index contributed by atoms with van der Waals surface area (Å²) in [5, 5.41) is 4.39. The van der Waals surface area contributed by atoms with Gasteiger partial charge in [0.05, 0.1) is 5.52 Å². The highest BCUT2D eigenvalue weighted by molar-refractivity contribution is 9.10. The van der Waals surface area contributed by atoms with E-state index < -0.39 is 0 Å². The molecule has 0 aliphatic rings. The van der Waals surface area contributed by atoms with Crippen LogP contribution in [0.4, 0.5) is 5.69 Å². The number of hydrogen-bond donors (Lipinski definition) is 1. The predicted molar refractivity (Wildman–Crippen MR) is 54.3 cm³/mol. The fraction of sp³-hybridized carbons (Fsp3) is 0. The number of para-hydroxylation sites is 1. The molecule has 1 heterocycles. The molecule has 0 unspecified atom stereocenters. The maximum Gasteiger partial charge on any atom is 0.111 e. The zero-order valence-electron chi connectivity index (χ0n) is 6.66. The summed E-state index contributed by atoms with van der Waals surface area (Å²) in [5.74, 6) is 0. The normalized spacial score (nSPS) is 10.2. The first kappa shape index (κ1) is 8.31. The summed E-state index contributed by atoms with van der Waals surface area (Å²) >= 11 is 3.34. The number of nitrogens with zero attached hydrogens (tertiary/aromatic N) is 2. The van der Waals surface area contributed by atoms with Gasteiger partial charge in [-0.25, -0.2) is 5.53 Å². The Bertz CT molecular complexity index is 467. The van der Waals surface area contributed by atoms with Crippen LogP contribution in [0.25, 0.3) is 10.9 Å². The van der Waals surface area contributed by atoms with Crippen LogP contribution in [0, 0.1) is 5.53 Å². The van der Waals surface area contributed by atoms with Gasteiger partial charge in [0.15, 0.2) is 0 Å². The van der Waals surface area contributed by atoms with Crippen LogP contribution in [0.2, 0.25) is 0 Å². The van der Waals surface area contributed by atoms with Gasteiger partial charge in [0.25, 0.3) is 0 Å². The number of hydrogen-bond acceptors (Lipinski definition) is 3. The van der Waals surface area contributed by atoms with Crippen LogP contribution in [-0.2, 0) is 0 Å². The molecule has 1 aromatic carbocycles. The zero-order chi connectivity index (χ0) is 9.26. The van der Waals surface area contributed by atoms with Gasteiger partial charge in [-0.3, -0.25) is 4.98 Å². The Kier molecular flexibility index (Phi) is 2.06. The highest BCUT2D eigenvalue weighted by atomic mass is 79.9. The average Bonchev–Trinajstić information content (AvgIpc) is 2.16. The van der Waals surface area contributed by atoms with Gasteiger partial charge in [-0.05, 0) is 28.1 Å². The minimum absolute atomic E-state index is 0.602. The van der Waals surface area contributed by atoms with Gasteiger partial charge in [0, 0.05) is 16.1 Å². The highest BCUT2D eigenvalue weighted by Crippen LogP contribution is 2.25. The van der Waals surface area contributed by atoms with Gasteiger partial charge in [-0.15, -0.1) is 0 Å². The molecular formula is C9H6BrN3. The second kappa shape index (κ2) is 3.22. The van der Waals surface area contributed by atoms with E-state index in [1.165, 1.54) is 0 Å². The molecule has 0 atom stereocenters. The van der Waals surface area contributed by atoms with Crippen LogP contribution in [0.1, 0.15) is 0 Å². The molecule has 0 amide bonds. The van der Waals surface area contributed by atoms with Crippen molar-refractivity contribution >= 4 is 32.5 Å². The molecule has 3 nitrogen and oxygen atoms in total. The molecule has 1 N–H and O–H groups in total.